The molecule has 0 radical (unpaired) electrons. The topological polar surface area (TPSA) is 257 Å². The number of quaternary nitrogens is 1. The summed E-state index contributed by atoms with van der Waals surface area (Å²) in [6.07, 6.45) is 1.49. The van der Waals surface area contributed by atoms with E-state index in [1.165, 1.54) is 14.0 Å². The lowest BCUT2D eigenvalue weighted by Crippen LogP contribution is -3.00. The minimum Gasteiger partial charge on any atom is -1.00 e. The lowest BCUT2D eigenvalue weighted by Gasteiger charge is -2.04. The Morgan fingerprint density at radius 2 is 0.875 bits per heavy atom. The molecular weight excluding hydrogens is 1130 g/mol. The van der Waals surface area contributed by atoms with Gasteiger partial charge in [-0.15, -0.1) is 12.4 Å². The number of esters is 3. The normalized spacial score (nSPS) is 9.57. The highest BCUT2D eigenvalue weighted by Gasteiger charge is 2.13. The molecule has 80 heavy (non-hydrogen) atoms. The fraction of sp³-hybridized carbons (Fsp3) is 0.196. The zero-order valence-corrected chi connectivity index (χ0v) is 47.0. The van der Waals surface area contributed by atoms with Crippen LogP contribution in [0.5, 0.6) is 0 Å². The smallest absolute Gasteiger partial charge is 0.341 e. The fourth-order valence-corrected chi connectivity index (χ4v) is 8.05. The second kappa shape index (κ2) is 40.0. The molecule has 19 nitrogen and oxygen atoms in total. The predicted molar refractivity (Wildman–Crippen MR) is 307 cm³/mol. The molecule has 2 heterocycles. The number of aromatic nitrogens is 4. The van der Waals surface area contributed by atoms with E-state index in [-0.39, 0.29) is 85.1 Å². The molecule has 0 spiro atoms. The van der Waals surface area contributed by atoms with E-state index in [1.807, 2.05) is 103 Å². The highest BCUT2D eigenvalue weighted by Crippen LogP contribution is 2.06. The molecule has 6 aromatic carbocycles. The quantitative estimate of drug-likeness (QED) is 0.0295. The lowest BCUT2D eigenvalue weighted by atomic mass is 10.2. The Kier molecular flexibility index (Phi) is 33.9. The van der Waals surface area contributed by atoms with Crippen LogP contribution in [-0.4, -0.2) is 90.8 Å². The number of thiocarbonyl (C=S) groups is 1. The second-order valence-corrected chi connectivity index (χ2v) is 17.7. The first kappa shape index (κ1) is 67.8. The molecule has 0 atom stereocenters. The van der Waals surface area contributed by atoms with Crippen molar-refractivity contribution in [3.05, 3.63) is 256 Å². The van der Waals surface area contributed by atoms with Crippen LogP contribution in [0.4, 0.5) is 0 Å². The number of hydrogen-bond donors (Lipinski definition) is 2. The van der Waals surface area contributed by atoms with Crippen LogP contribution in [0.15, 0.2) is 211 Å². The van der Waals surface area contributed by atoms with Crippen molar-refractivity contribution in [1.82, 2.24) is 17.0 Å². The summed E-state index contributed by atoms with van der Waals surface area (Å²) in [5.41, 5.74) is 7.32. The van der Waals surface area contributed by atoms with Crippen molar-refractivity contribution in [1.29, 1.82) is 0 Å². The van der Waals surface area contributed by atoms with Crippen molar-refractivity contribution < 1.29 is 56.6 Å². The van der Waals surface area contributed by atoms with E-state index in [0.29, 0.717) is 56.0 Å². The van der Waals surface area contributed by atoms with Gasteiger partial charge in [0.1, 0.15) is 26.4 Å². The summed E-state index contributed by atoms with van der Waals surface area (Å²) in [4.78, 5) is 98.0. The Bertz CT molecular complexity index is 3390. The number of nitrogens with zero attached hydrogens (tertiary/aromatic N) is 6. The molecule has 0 saturated carbocycles. The van der Waals surface area contributed by atoms with Crippen LogP contribution >= 0.6 is 47.7 Å². The minimum absolute atomic E-state index is 0. The molecule has 0 aliphatic rings. The standard InChI is InChI=1S/C18H16N2O4S.C11H12N2O3S.C10H9NO2S.C9H11NO2.C8H7NO.2ClH/c21-16(15-9-5-2-6-10-15)24-12-11-19-17(22)20(25-18(19)23)13-14-7-3-1-4-8-14;14-7-6-12-10(15)13(17-11(12)16)8-9-4-2-1-3-5-9;12-10(13-7-6-11-8-14)9-4-2-1-3-5-9;10-6-7-12-9(11)8-4-2-1-3-5-8;10-7-9-6-8-4-2-1-3-5-8;;/h1-10H,11-13H2;1-5,14H,6-8H2;1-5H,6-7H2;1-5H,6-7,10H2;1-5H,6H2;2*1H. The summed E-state index contributed by atoms with van der Waals surface area (Å²) in [6.45, 7) is 2.59. The third-order valence-corrected chi connectivity index (χ3v) is 11.9. The molecule has 8 rings (SSSR count). The SMILES string of the molecule is Cl.O=C(OCCN=C=S)c1ccccc1.O=C(OCCn1c(=O)sn(Cc2ccccc2)c1=O)c1ccccc1.O=C=NCc1ccccc1.O=c1sn(Cc2ccccc2)c(=O)n1CCO.[Cl-].[NH3+]CCOC(=O)c1ccccc1. The van der Waals surface area contributed by atoms with Gasteiger partial charge in [0.15, 0.2) is 0 Å². The van der Waals surface area contributed by atoms with Gasteiger partial charge in [-0.1, -0.05) is 146 Å². The summed E-state index contributed by atoms with van der Waals surface area (Å²) in [5.74, 6) is -1.10. The third kappa shape index (κ3) is 25.0. The maximum absolute atomic E-state index is 12.3. The van der Waals surface area contributed by atoms with E-state index in [2.05, 4.69) is 33.1 Å². The molecule has 0 aliphatic heterocycles. The number of ether oxygens (including phenoxy) is 3. The van der Waals surface area contributed by atoms with Crippen molar-refractivity contribution in [2.75, 3.05) is 39.5 Å². The molecule has 0 saturated heterocycles. The average molecular weight is 1190 g/mol. The molecule has 0 fully saturated rings. The van der Waals surface area contributed by atoms with Crippen LogP contribution in [0, 0.1) is 0 Å². The molecule has 0 aliphatic carbocycles. The number of halogens is 2. The van der Waals surface area contributed by atoms with Gasteiger partial charge in [0, 0.05) is 23.1 Å². The molecule has 0 amide bonds. The highest BCUT2D eigenvalue weighted by atomic mass is 35.5. The van der Waals surface area contributed by atoms with Gasteiger partial charge in [-0.2, -0.15) is 0 Å². The van der Waals surface area contributed by atoms with Crippen molar-refractivity contribution in [3.63, 3.8) is 0 Å². The molecular formula is C56H57Cl2N7O12S3. The summed E-state index contributed by atoms with van der Waals surface area (Å²) in [5, 5.41) is 11.0. The number of isothiocyanates is 1. The summed E-state index contributed by atoms with van der Waals surface area (Å²) < 4.78 is 19.8. The number of rotatable bonds is 19. The minimum atomic E-state index is -0.478. The van der Waals surface area contributed by atoms with Gasteiger partial charge in [0.25, 0.3) is 0 Å². The molecule has 8 aromatic rings. The molecule has 4 N–H and O–H groups in total. The molecule has 2 aromatic heterocycles. The van der Waals surface area contributed by atoms with Crippen LogP contribution < -0.4 is 39.3 Å². The summed E-state index contributed by atoms with van der Waals surface area (Å²) >= 11 is 6.11. The first-order valence-corrected chi connectivity index (χ1v) is 25.8. The maximum atomic E-state index is 12.3. The number of isocyanates is 1. The van der Waals surface area contributed by atoms with E-state index >= 15 is 0 Å². The Morgan fingerprint density at radius 1 is 0.525 bits per heavy atom. The molecule has 24 heteroatoms. The zero-order chi connectivity index (χ0) is 56.2. The van der Waals surface area contributed by atoms with Gasteiger partial charge in [-0.3, -0.25) is 9.59 Å². The molecule has 420 valence electrons. The predicted octanol–water partition coefficient (Wildman–Crippen LogP) is 3.07. The monoisotopic (exact) mass is 1190 g/mol. The van der Waals surface area contributed by atoms with Gasteiger partial charge in [-0.05, 0) is 65.3 Å². The Labute approximate surface area is 485 Å². The summed E-state index contributed by atoms with van der Waals surface area (Å²) in [6, 6.07) is 54.8. The average Bonchev–Trinajstić information content (AvgIpc) is 3.92. The van der Waals surface area contributed by atoms with Crippen molar-refractivity contribution in [2.24, 2.45) is 9.98 Å². The first-order valence-electron chi connectivity index (χ1n) is 23.9. The van der Waals surface area contributed by atoms with Crippen LogP contribution in [0.3, 0.4) is 0 Å². The number of benzene rings is 6. The van der Waals surface area contributed by atoms with Crippen LogP contribution in [-0.2, 0) is 51.7 Å². The Morgan fingerprint density at radius 3 is 1.24 bits per heavy atom. The summed E-state index contributed by atoms with van der Waals surface area (Å²) in [7, 11) is 0. The zero-order valence-electron chi connectivity index (χ0n) is 42.9. The second-order valence-electron chi connectivity index (χ2n) is 15.6. The van der Waals surface area contributed by atoms with Gasteiger partial charge in [0.2, 0.25) is 6.08 Å². The van der Waals surface area contributed by atoms with Gasteiger partial charge < -0.3 is 37.5 Å². The van der Waals surface area contributed by atoms with Crippen LogP contribution in [0.1, 0.15) is 47.8 Å². The van der Waals surface area contributed by atoms with Crippen LogP contribution in [0.2, 0.25) is 0 Å². The van der Waals surface area contributed by atoms with E-state index in [1.54, 1.807) is 78.9 Å². The fourth-order valence-electron chi connectivity index (χ4n) is 6.27. The van der Waals surface area contributed by atoms with E-state index < -0.39 is 11.7 Å². The van der Waals surface area contributed by atoms with Crippen molar-refractivity contribution in [3.8, 4) is 0 Å². The number of aliphatic hydroxyl groups excluding tert-OH is 1. The van der Waals surface area contributed by atoms with Gasteiger partial charge in [0.05, 0.1) is 67.7 Å². The number of aliphatic hydroxyl groups is 1. The number of aliphatic imine (C=N–C) groups is 2. The highest BCUT2D eigenvalue weighted by molar-refractivity contribution is 7.78. The maximum Gasteiger partial charge on any atom is 0.341 e. The van der Waals surface area contributed by atoms with Gasteiger partial charge in [-0.25, -0.2) is 55.8 Å². The van der Waals surface area contributed by atoms with E-state index in [4.69, 9.17) is 19.3 Å². The van der Waals surface area contributed by atoms with E-state index in [9.17, 15) is 38.4 Å². The number of carbonyl (C=O) groups excluding carboxylic acids is 4. The van der Waals surface area contributed by atoms with E-state index in [0.717, 1.165) is 48.9 Å². The number of carbonyl (C=O) groups is 3. The Balaban J connectivity index is 0.000000353. The lowest BCUT2D eigenvalue weighted by molar-refractivity contribution is -0.371. The third-order valence-electron chi connectivity index (χ3n) is 9.99. The van der Waals surface area contributed by atoms with Crippen molar-refractivity contribution in [2.45, 2.75) is 32.7 Å². The van der Waals surface area contributed by atoms with Crippen molar-refractivity contribution >= 4 is 76.8 Å². The van der Waals surface area contributed by atoms with Gasteiger partial charge >= 0.3 is 39.0 Å². The van der Waals surface area contributed by atoms with Crippen LogP contribution in [0.25, 0.3) is 0 Å². The Hall–Kier alpha value is -8.27. The molecule has 0 unspecified atom stereocenters. The number of hydrogen-bond acceptors (Lipinski definition) is 17. The first-order chi connectivity index (χ1) is 38.0. The molecule has 0 bridgehead atoms. The largest absolute Gasteiger partial charge is 1.00 e.